The van der Waals surface area contributed by atoms with Crippen LogP contribution in [0.5, 0.6) is 5.75 Å². The van der Waals surface area contributed by atoms with Crippen LogP contribution < -0.4 is 15.0 Å². The van der Waals surface area contributed by atoms with Crippen LogP contribution in [0.4, 0.5) is 5.82 Å². The van der Waals surface area contributed by atoms with E-state index in [2.05, 4.69) is 52.1 Å². The topological polar surface area (TPSA) is 57.7 Å². The van der Waals surface area contributed by atoms with E-state index in [1.807, 2.05) is 24.4 Å². The van der Waals surface area contributed by atoms with Crippen molar-refractivity contribution < 1.29 is 9.53 Å². The molecule has 160 valence electrons. The van der Waals surface area contributed by atoms with Crippen molar-refractivity contribution >= 4 is 11.7 Å². The van der Waals surface area contributed by atoms with Gasteiger partial charge in [0.05, 0.1) is 5.92 Å². The summed E-state index contributed by atoms with van der Waals surface area (Å²) in [6, 6.07) is 12.3. The van der Waals surface area contributed by atoms with E-state index in [4.69, 9.17) is 4.74 Å². The molecule has 1 aromatic heterocycles. The van der Waals surface area contributed by atoms with Gasteiger partial charge in [-0.1, -0.05) is 23.8 Å². The lowest BCUT2D eigenvalue weighted by molar-refractivity contribution is -0.125. The van der Waals surface area contributed by atoms with E-state index in [-0.39, 0.29) is 17.9 Å². The molecule has 6 nitrogen and oxygen atoms in total. The average Bonchev–Trinajstić information content (AvgIpc) is 2.91. The summed E-state index contributed by atoms with van der Waals surface area (Å²) >= 11 is 0. The van der Waals surface area contributed by atoms with E-state index in [0.717, 1.165) is 57.1 Å². The molecule has 1 fully saturated rings. The normalized spacial score (nSPS) is 22.0. The monoisotopic (exact) mass is 408 g/mol. The van der Waals surface area contributed by atoms with Crippen molar-refractivity contribution in [1.82, 2.24) is 15.2 Å². The number of ether oxygens (including phenoxy) is 1. The number of nitrogens with zero attached hydrogens (tertiary/aromatic N) is 3. The molecule has 3 heterocycles. The number of hydrogen-bond donors (Lipinski definition) is 1. The van der Waals surface area contributed by atoms with Crippen LogP contribution >= 0.6 is 0 Å². The van der Waals surface area contributed by atoms with Crippen LogP contribution in [0.15, 0.2) is 42.6 Å². The Kier molecular flexibility index (Phi) is 6.53. The van der Waals surface area contributed by atoms with Gasteiger partial charge in [-0.2, -0.15) is 0 Å². The second kappa shape index (κ2) is 9.47. The molecule has 2 unspecified atom stereocenters. The third-order valence-electron chi connectivity index (χ3n) is 5.95. The standard InChI is InChI=1S/C24H32N4O2/c1-18-8-9-22-21(14-18)16-27(15-19(2)30-22)13-11-26-24(29)20-6-5-12-28(17-20)23-7-3-4-10-25-23/h3-4,7-10,14,19-20H,5-6,11-13,15-17H2,1-2H3,(H,26,29). The van der Waals surface area contributed by atoms with Gasteiger partial charge >= 0.3 is 0 Å². The first-order valence-corrected chi connectivity index (χ1v) is 11.0. The van der Waals surface area contributed by atoms with Gasteiger partial charge in [-0.15, -0.1) is 0 Å². The zero-order valence-electron chi connectivity index (χ0n) is 18.0. The summed E-state index contributed by atoms with van der Waals surface area (Å²) in [6.07, 6.45) is 3.90. The minimum Gasteiger partial charge on any atom is -0.489 e. The Morgan fingerprint density at radius 3 is 3.00 bits per heavy atom. The molecule has 0 radical (unpaired) electrons. The predicted octanol–water partition coefficient (Wildman–Crippen LogP) is 3.01. The summed E-state index contributed by atoms with van der Waals surface area (Å²) in [5.74, 6) is 2.13. The summed E-state index contributed by atoms with van der Waals surface area (Å²) in [7, 11) is 0. The SMILES string of the molecule is Cc1ccc2c(c1)CN(CCNC(=O)C1CCCN(c3ccccn3)C1)CC(C)O2. The molecule has 2 aliphatic rings. The van der Waals surface area contributed by atoms with E-state index in [1.54, 1.807) is 0 Å². The first-order chi connectivity index (χ1) is 14.6. The molecule has 0 saturated carbocycles. The first kappa shape index (κ1) is 20.7. The Bertz CT molecular complexity index is 858. The zero-order valence-corrected chi connectivity index (χ0v) is 18.0. The van der Waals surface area contributed by atoms with Gasteiger partial charge in [-0.25, -0.2) is 4.98 Å². The van der Waals surface area contributed by atoms with Gasteiger partial charge in [0.15, 0.2) is 0 Å². The van der Waals surface area contributed by atoms with E-state index in [0.29, 0.717) is 6.54 Å². The average molecular weight is 409 g/mol. The fraction of sp³-hybridized carbons (Fsp3) is 0.500. The third kappa shape index (κ3) is 5.11. The number of rotatable bonds is 5. The van der Waals surface area contributed by atoms with Crippen molar-refractivity contribution in [2.24, 2.45) is 5.92 Å². The molecule has 0 spiro atoms. The van der Waals surface area contributed by atoms with E-state index in [9.17, 15) is 4.79 Å². The van der Waals surface area contributed by atoms with Crippen molar-refractivity contribution in [3.63, 3.8) is 0 Å². The van der Waals surface area contributed by atoms with Crippen LogP contribution in [0, 0.1) is 12.8 Å². The van der Waals surface area contributed by atoms with Gasteiger partial charge in [0, 0.05) is 51.0 Å². The molecule has 4 rings (SSSR count). The highest BCUT2D eigenvalue weighted by Crippen LogP contribution is 2.26. The van der Waals surface area contributed by atoms with Crippen LogP contribution in [0.3, 0.4) is 0 Å². The number of fused-ring (bicyclic) bond motifs is 1. The summed E-state index contributed by atoms with van der Waals surface area (Å²) in [5, 5.41) is 3.17. The lowest BCUT2D eigenvalue weighted by atomic mass is 9.97. The van der Waals surface area contributed by atoms with Crippen molar-refractivity contribution in [2.45, 2.75) is 39.3 Å². The van der Waals surface area contributed by atoms with Gasteiger partial charge in [-0.05, 0) is 44.9 Å². The van der Waals surface area contributed by atoms with Gasteiger partial charge in [-0.3, -0.25) is 9.69 Å². The maximum absolute atomic E-state index is 12.8. The summed E-state index contributed by atoms with van der Waals surface area (Å²) in [4.78, 5) is 21.8. The molecule has 0 aliphatic carbocycles. The first-order valence-electron chi connectivity index (χ1n) is 11.0. The molecule has 1 amide bonds. The van der Waals surface area contributed by atoms with Gasteiger partial charge < -0.3 is 15.0 Å². The summed E-state index contributed by atoms with van der Waals surface area (Å²) in [6.45, 7) is 9.12. The highest BCUT2D eigenvalue weighted by atomic mass is 16.5. The van der Waals surface area contributed by atoms with Gasteiger partial charge in [0.2, 0.25) is 5.91 Å². The highest BCUT2D eigenvalue weighted by molar-refractivity contribution is 5.79. The van der Waals surface area contributed by atoms with E-state index >= 15 is 0 Å². The Balaban J connectivity index is 1.29. The van der Waals surface area contributed by atoms with Crippen LogP contribution in [0.2, 0.25) is 0 Å². The Labute approximate surface area is 179 Å². The number of aromatic nitrogens is 1. The van der Waals surface area contributed by atoms with Crippen LogP contribution in [0.1, 0.15) is 30.9 Å². The van der Waals surface area contributed by atoms with Crippen LogP contribution in [-0.2, 0) is 11.3 Å². The maximum atomic E-state index is 12.8. The minimum absolute atomic E-state index is 0.0236. The molecule has 2 atom stereocenters. The number of amides is 1. The van der Waals surface area contributed by atoms with E-state index in [1.165, 1.54) is 11.1 Å². The lowest BCUT2D eigenvalue weighted by Crippen LogP contribution is -2.45. The molecular weight excluding hydrogens is 376 g/mol. The second-order valence-corrected chi connectivity index (χ2v) is 8.54. The highest BCUT2D eigenvalue weighted by Gasteiger charge is 2.26. The number of anilines is 1. The minimum atomic E-state index is 0.0236. The Morgan fingerprint density at radius 1 is 1.27 bits per heavy atom. The number of hydrogen-bond acceptors (Lipinski definition) is 5. The number of pyridine rings is 1. The van der Waals surface area contributed by atoms with Crippen LogP contribution in [0.25, 0.3) is 0 Å². The van der Waals surface area contributed by atoms with Crippen molar-refractivity contribution in [3.05, 3.63) is 53.7 Å². The van der Waals surface area contributed by atoms with Crippen LogP contribution in [-0.4, -0.2) is 54.6 Å². The molecule has 30 heavy (non-hydrogen) atoms. The third-order valence-corrected chi connectivity index (χ3v) is 5.95. The quantitative estimate of drug-likeness (QED) is 0.824. The molecule has 1 aromatic carbocycles. The molecule has 0 bridgehead atoms. The summed E-state index contributed by atoms with van der Waals surface area (Å²) < 4.78 is 6.08. The van der Waals surface area contributed by atoms with E-state index < -0.39 is 0 Å². The van der Waals surface area contributed by atoms with Gasteiger partial charge in [0.1, 0.15) is 17.7 Å². The van der Waals surface area contributed by atoms with Crippen molar-refractivity contribution in [3.8, 4) is 5.75 Å². The number of piperidine rings is 1. The number of carbonyl (C=O) groups is 1. The number of nitrogens with one attached hydrogen (secondary N) is 1. The Morgan fingerprint density at radius 2 is 2.17 bits per heavy atom. The molecule has 2 aromatic rings. The summed E-state index contributed by atoms with van der Waals surface area (Å²) in [5.41, 5.74) is 2.47. The number of benzene rings is 1. The smallest absolute Gasteiger partial charge is 0.224 e. The van der Waals surface area contributed by atoms with Gasteiger partial charge in [0.25, 0.3) is 0 Å². The molecule has 1 saturated heterocycles. The predicted molar refractivity (Wildman–Crippen MR) is 119 cm³/mol. The largest absolute Gasteiger partial charge is 0.489 e. The van der Waals surface area contributed by atoms with Crippen molar-refractivity contribution in [2.75, 3.05) is 37.6 Å². The number of aryl methyl sites for hydroxylation is 1. The maximum Gasteiger partial charge on any atom is 0.224 e. The molecular formula is C24H32N4O2. The number of carbonyl (C=O) groups excluding carboxylic acids is 1. The fourth-order valence-corrected chi connectivity index (χ4v) is 4.46. The lowest BCUT2D eigenvalue weighted by Gasteiger charge is -2.33. The zero-order chi connectivity index (χ0) is 20.9. The fourth-order valence-electron chi connectivity index (χ4n) is 4.46. The Hall–Kier alpha value is -2.60. The second-order valence-electron chi connectivity index (χ2n) is 8.54. The molecule has 6 heteroatoms. The molecule has 2 aliphatic heterocycles. The van der Waals surface area contributed by atoms with Crippen molar-refractivity contribution in [1.29, 1.82) is 0 Å². The molecule has 1 N–H and O–H groups in total.